The second kappa shape index (κ2) is 6.99. The molecule has 1 aliphatic rings. The maximum atomic E-state index is 12.9. The van der Waals surface area contributed by atoms with Gasteiger partial charge in [0.2, 0.25) is 10.0 Å². The van der Waals surface area contributed by atoms with Crippen LogP contribution in [0.25, 0.3) is 0 Å². The highest BCUT2D eigenvalue weighted by molar-refractivity contribution is 7.89. The van der Waals surface area contributed by atoms with E-state index in [2.05, 4.69) is 10.0 Å². The molecule has 0 heterocycles. The second-order valence-corrected chi connectivity index (χ2v) is 7.87. The molecule has 1 aromatic rings. The maximum absolute atomic E-state index is 12.9. The van der Waals surface area contributed by atoms with E-state index in [1.54, 1.807) is 0 Å². The molecule has 1 saturated carbocycles. The van der Waals surface area contributed by atoms with Crippen molar-refractivity contribution in [3.05, 3.63) is 28.3 Å². The number of nitro groups is 1. The number of nitrogens with zero attached hydrogens (tertiary/aromatic N) is 2. The molecule has 2 rings (SSSR count). The Hall–Kier alpha value is -1.78. The number of hydrogen-bond donors (Lipinski definition) is 2. The zero-order valence-corrected chi connectivity index (χ0v) is 14.4. The minimum absolute atomic E-state index is 0.243. The molecule has 134 valence electrons. The van der Waals surface area contributed by atoms with Crippen LogP contribution in [0.1, 0.15) is 12.8 Å². The molecule has 0 unspecified atom stereocenters. The first-order valence-electron chi connectivity index (χ1n) is 7.46. The van der Waals surface area contributed by atoms with E-state index in [1.807, 2.05) is 19.0 Å². The van der Waals surface area contributed by atoms with Gasteiger partial charge in [0.15, 0.2) is 0 Å². The van der Waals surface area contributed by atoms with Gasteiger partial charge in [-0.3, -0.25) is 10.1 Å². The third-order valence-corrected chi connectivity index (χ3v) is 5.39. The molecule has 24 heavy (non-hydrogen) atoms. The molecular weight excluding hydrogens is 339 g/mol. The Morgan fingerprint density at radius 3 is 2.54 bits per heavy atom. The SMILES string of the molecule is CN(C)CCNc1ccc(S(=O)(=O)NC2(CF)CC2)cc1[N+](=O)[O-]. The third-order valence-electron chi connectivity index (χ3n) is 3.81. The highest BCUT2D eigenvalue weighted by Gasteiger charge is 2.46. The van der Waals surface area contributed by atoms with Gasteiger partial charge in [0.05, 0.1) is 15.4 Å². The quantitative estimate of drug-likeness (QED) is 0.509. The molecular formula is C14H21FN4O4S. The normalized spacial score (nSPS) is 16.2. The van der Waals surface area contributed by atoms with Gasteiger partial charge in [-0.25, -0.2) is 17.5 Å². The lowest BCUT2D eigenvalue weighted by Gasteiger charge is -2.15. The number of sulfonamides is 1. The Labute approximate surface area is 140 Å². The summed E-state index contributed by atoms with van der Waals surface area (Å²) in [6.45, 7) is 0.347. The Bertz CT molecular complexity index is 719. The van der Waals surface area contributed by atoms with Gasteiger partial charge in [-0.2, -0.15) is 0 Å². The van der Waals surface area contributed by atoms with E-state index >= 15 is 0 Å². The monoisotopic (exact) mass is 360 g/mol. The number of likely N-dealkylation sites (N-methyl/N-ethyl adjacent to an activating group) is 1. The number of nitrogens with one attached hydrogen (secondary N) is 2. The van der Waals surface area contributed by atoms with Crippen molar-refractivity contribution >= 4 is 21.4 Å². The lowest BCUT2D eigenvalue weighted by molar-refractivity contribution is -0.384. The van der Waals surface area contributed by atoms with Crippen LogP contribution in [0.15, 0.2) is 23.1 Å². The van der Waals surface area contributed by atoms with E-state index in [0.717, 1.165) is 6.07 Å². The average molecular weight is 360 g/mol. The van der Waals surface area contributed by atoms with Crippen molar-refractivity contribution in [2.45, 2.75) is 23.3 Å². The van der Waals surface area contributed by atoms with E-state index in [9.17, 15) is 22.9 Å². The fourth-order valence-corrected chi connectivity index (χ4v) is 3.61. The smallest absolute Gasteiger partial charge is 0.293 e. The van der Waals surface area contributed by atoms with Crippen molar-refractivity contribution in [2.24, 2.45) is 0 Å². The predicted molar refractivity (Wildman–Crippen MR) is 88.4 cm³/mol. The van der Waals surface area contributed by atoms with Gasteiger partial charge in [0.1, 0.15) is 12.4 Å². The summed E-state index contributed by atoms with van der Waals surface area (Å²) in [5.41, 5.74) is -1.13. The first-order chi connectivity index (χ1) is 11.2. The van der Waals surface area contributed by atoms with Crippen LogP contribution in [0.5, 0.6) is 0 Å². The molecule has 1 fully saturated rings. The van der Waals surface area contributed by atoms with Crippen LogP contribution in [-0.4, -0.2) is 57.6 Å². The third kappa shape index (κ3) is 4.40. The largest absolute Gasteiger partial charge is 0.378 e. The topological polar surface area (TPSA) is 105 Å². The molecule has 1 aliphatic carbocycles. The van der Waals surface area contributed by atoms with Crippen LogP contribution >= 0.6 is 0 Å². The van der Waals surface area contributed by atoms with Crippen LogP contribution in [0.2, 0.25) is 0 Å². The summed E-state index contributed by atoms with van der Waals surface area (Å²) in [6, 6.07) is 3.63. The van der Waals surface area contributed by atoms with Gasteiger partial charge in [-0.05, 0) is 39.1 Å². The molecule has 0 saturated heterocycles. The van der Waals surface area contributed by atoms with Gasteiger partial charge in [-0.1, -0.05) is 0 Å². The Morgan fingerprint density at radius 2 is 2.04 bits per heavy atom. The molecule has 2 N–H and O–H groups in total. The Kier molecular flexibility index (Phi) is 5.41. The molecule has 0 aromatic heterocycles. The molecule has 0 spiro atoms. The van der Waals surface area contributed by atoms with Gasteiger partial charge >= 0.3 is 0 Å². The number of halogens is 1. The minimum Gasteiger partial charge on any atom is -0.378 e. The first-order valence-corrected chi connectivity index (χ1v) is 8.94. The lowest BCUT2D eigenvalue weighted by atomic mass is 10.2. The van der Waals surface area contributed by atoms with Crippen molar-refractivity contribution in [2.75, 3.05) is 39.2 Å². The number of anilines is 1. The summed E-state index contributed by atoms with van der Waals surface area (Å²) in [5.74, 6) is 0. The van der Waals surface area contributed by atoms with E-state index in [0.29, 0.717) is 25.9 Å². The number of alkyl halides is 1. The molecule has 0 bridgehead atoms. The summed E-state index contributed by atoms with van der Waals surface area (Å²) >= 11 is 0. The van der Waals surface area contributed by atoms with Gasteiger partial charge in [-0.15, -0.1) is 0 Å². The summed E-state index contributed by atoms with van der Waals surface area (Å²) < 4.78 is 39.8. The predicted octanol–water partition coefficient (Wildman–Crippen LogP) is 1.35. The molecule has 10 heteroatoms. The van der Waals surface area contributed by atoms with Crippen molar-refractivity contribution in [1.82, 2.24) is 9.62 Å². The van der Waals surface area contributed by atoms with E-state index in [1.165, 1.54) is 12.1 Å². The Balaban J connectivity index is 2.23. The number of nitro benzene ring substituents is 1. The van der Waals surface area contributed by atoms with E-state index in [-0.39, 0.29) is 16.3 Å². The second-order valence-electron chi connectivity index (χ2n) is 6.19. The zero-order valence-electron chi connectivity index (χ0n) is 13.6. The highest BCUT2D eigenvalue weighted by Crippen LogP contribution is 2.37. The molecule has 0 amide bonds. The van der Waals surface area contributed by atoms with Crippen LogP contribution < -0.4 is 10.0 Å². The first kappa shape index (κ1) is 18.6. The molecule has 0 atom stereocenters. The van der Waals surface area contributed by atoms with Crippen LogP contribution in [-0.2, 0) is 10.0 Å². The number of hydrogen-bond acceptors (Lipinski definition) is 6. The molecule has 8 nitrogen and oxygen atoms in total. The average Bonchev–Trinajstić information content (AvgIpc) is 3.26. The minimum atomic E-state index is -4.00. The summed E-state index contributed by atoms with van der Waals surface area (Å²) in [6.07, 6.45) is 0.851. The fraction of sp³-hybridized carbons (Fsp3) is 0.571. The fourth-order valence-electron chi connectivity index (χ4n) is 2.15. The highest BCUT2D eigenvalue weighted by atomic mass is 32.2. The zero-order chi connectivity index (χ0) is 18.0. The van der Waals surface area contributed by atoms with Gasteiger partial charge < -0.3 is 10.2 Å². The van der Waals surface area contributed by atoms with E-state index < -0.39 is 27.2 Å². The van der Waals surface area contributed by atoms with E-state index in [4.69, 9.17) is 0 Å². The van der Waals surface area contributed by atoms with Crippen molar-refractivity contribution in [1.29, 1.82) is 0 Å². The molecule has 0 aliphatic heterocycles. The molecule has 1 aromatic carbocycles. The van der Waals surface area contributed by atoms with Crippen molar-refractivity contribution < 1.29 is 17.7 Å². The number of benzene rings is 1. The Morgan fingerprint density at radius 1 is 1.38 bits per heavy atom. The summed E-state index contributed by atoms with van der Waals surface area (Å²) in [7, 11) is -0.263. The molecule has 0 radical (unpaired) electrons. The van der Waals surface area contributed by atoms with Crippen molar-refractivity contribution in [3.63, 3.8) is 0 Å². The standard InChI is InChI=1S/C14H21FN4O4S/c1-18(2)8-7-16-12-4-3-11(9-13(12)19(20)21)24(22,23)17-14(10-15)5-6-14/h3-4,9,16-17H,5-8,10H2,1-2H3. The van der Waals surface area contributed by atoms with Crippen LogP contribution in [0.3, 0.4) is 0 Å². The summed E-state index contributed by atoms with van der Waals surface area (Å²) in [5, 5.41) is 14.1. The summed E-state index contributed by atoms with van der Waals surface area (Å²) in [4.78, 5) is 12.3. The van der Waals surface area contributed by atoms with Crippen molar-refractivity contribution in [3.8, 4) is 0 Å². The van der Waals surface area contributed by atoms with Gasteiger partial charge in [0, 0.05) is 19.2 Å². The lowest BCUT2D eigenvalue weighted by Crippen LogP contribution is -2.38. The van der Waals surface area contributed by atoms with Crippen LogP contribution in [0.4, 0.5) is 15.8 Å². The van der Waals surface area contributed by atoms with Crippen LogP contribution in [0, 0.1) is 10.1 Å². The van der Waals surface area contributed by atoms with Gasteiger partial charge in [0.25, 0.3) is 5.69 Å². The number of rotatable bonds is 9. The maximum Gasteiger partial charge on any atom is 0.293 e.